The Bertz CT molecular complexity index is 526. The number of hydrogen-bond donors (Lipinski definition) is 1. The third-order valence-electron chi connectivity index (χ3n) is 2.20. The van der Waals surface area contributed by atoms with Crippen molar-refractivity contribution in [1.82, 2.24) is 4.98 Å². The van der Waals surface area contributed by atoms with Crippen LogP contribution in [-0.4, -0.2) is 16.1 Å². The largest absolute Gasteiger partial charge is 0.478 e. The van der Waals surface area contributed by atoms with Crippen molar-refractivity contribution in [3.8, 4) is 11.1 Å². The highest BCUT2D eigenvalue weighted by molar-refractivity contribution is 5.95. The molecule has 2 rings (SSSR count). The molecule has 0 fully saturated rings. The van der Waals surface area contributed by atoms with Gasteiger partial charge in [0, 0.05) is 12.4 Å². The van der Waals surface area contributed by atoms with Crippen LogP contribution in [0.1, 0.15) is 10.4 Å². The summed E-state index contributed by atoms with van der Waals surface area (Å²) >= 11 is 0. The lowest BCUT2D eigenvalue weighted by molar-refractivity contribution is 0.0697. The molecule has 1 N–H and O–H groups in total. The van der Waals surface area contributed by atoms with E-state index in [2.05, 4.69) is 4.98 Å². The first-order valence-corrected chi connectivity index (χ1v) is 4.62. The van der Waals surface area contributed by atoms with E-state index in [1.54, 1.807) is 24.5 Å². The van der Waals surface area contributed by atoms with Crippen molar-refractivity contribution in [2.45, 2.75) is 0 Å². The van der Waals surface area contributed by atoms with Crippen LogP contribution < -0.4 is 0 Å². The van der Waals surface area contributed by atoms with Crippen LogP contribution >= 0.6 is 0 Å². The quantitative estimate of drug-likeness (QED) is 0.841. The number of aromatic carboxylic acids is 1. The first kappa shape index (κ1) is 10.3. The standard InChI is InChI=1S/C12H8FNO2/c13-9-1-2-10(11(7-9)12(15)16)8-3-5-14-6-4-8/h1-7H,(H,15,16). The van der Waals surface area contributed by atoms with E-state index in [4.69, 9.17) is 5.11 Å². The zero-order valence-electron chi connectivity index (χ0n) is 8.22. The zero-order valence-corrected chi connectivity index (χ0v) is 8.22. The van der Waals surface area contributed by atoms with Crippen molar-refractivity contribution in [3.63, 3.8) is 0 Å². The molecule has 0 spiro atoms. The van der Waals surface area contributed by atoms with Gasteiger partial charge in [0.1, 0.15) is 5.82 Å². The summed E-state index contributed by atoms with van der Waals surface area (Å²) in [6.07, 6.45) is 3.12. The van der Waals surface area contributed by atoms with E-state index in [1.807, 2.05) is 0 Å². The van der Waals surface area contributed by atoms with Crippen molar-refractivity contribution >= 4 is 5.97 Å². The van der Waals surface area contributed by atoms with E-state index in [0.29, 0.717) is 11.1 Å². The van der Waals surface area contributed by atoms with Crippen LogP contribution in [-0.2, 0) is 0 Å². The van der Waals surface area contributed by atoms with Gasteiger partial charge in [-0.15, -0.1) is 0 Å². The van der Waals surface area contributed by atoms with Crippen molar-refractivity contribution < 1.29 is 14.3 Å². The van der Waals surface area contributed by atoms with Gasteiger partial charge in [0.05, 0.1) is 5.56 Å². The van der Waals surface area contributed by atoms with Crippen molar-refractivity contribution in [2.75, 3.05) is 0 Å². The number of halogens is 1. The summed E-state index contributed by atoms with van der Waals surface area (Å²) in [6.45, 7) is 0. The molecule has 0 amide bonds. The van der Waals surface area contributed by atoms with Gasteiger partial charge in [-0.1, -0.05) is 6.07 Å². The second-order valence-corrected chi connectivity index (χ2v) is 3.23. The number of hydrogen-bond acceptors (Lipinski definition) is 2. The third kappa shape index (κ3) is 1.91. The highest BCUT2D eigenvalue weighted by atomic mass is 19.1. The summed E-state index contributed by atoms with van der Waals surface area (Å²) in [5.41, 5.74) is 1.13. The van der Waals surface area contributed by atoms with Gasteiger partial charge in [0.25, 0.3) is 0 Å². The topological polar surface area (TPSA) is 50.2 Å². The van der Waals surface area contributed by atoms with Gasteiger partial charge in [0.2, 0.25) is 0 Å². The molecule has 2 aromatic rings. The van der Waals surface area contributed by atoms with E-state index < -0.39 is 11.8 Å². The van der Waals surface area contributed by atoms with E-state index in [0.717, 1.165) is 6.07 Å². The fourth-order valence-electron chi connectivity index (χ4n) is 1.48. The molecule has 0 saturated carbocycles. The number of nitrogens with zero attached hydrogens (tertiary/aromatic N) is 1. The third-order valence-corrected chi connectivity index (χ3v) is 2.20. The van der Waals surface area contributed by atoms with Gasteiger partial charge in [-0.2, -0.15) is 0 Å². The summed E-state index contributed by atoms with van der Waals surface area (Å²) in [5.74, 6) is -1.71. The maximum absolute atomic E-state index is 12.9. The van der Waals surface area contributed by atoms with E-state index in [-0.39, 0.29) is 5.56 Å². The molecule has 0 aliphatic heterocycles. The Labute approximate surface area is 91.2 Å². The molecule has 1 aromatic heterocycles. The Kier molecular flexibility index (Phi) is 2.64. The highest BCUT2D eigenvalue weighted by Gasteiger charge is 2.12. The molecule has 1 heterocycles. The minimum absolute atomic E-state index is 0.0498. The normalized spacial score (nSPS) is 10.1. The Balaban J connectivity index is 2.61. The lowest BCUT2D eigenvalue weighted by Crippen LogP contribution is -2.00. The maximum Gasteiger partial charge on any atom is 0.336 e. The van der Waals surface area contributed by atoms with Crippen LogP contribution in [0, 0.1) is 5.82 Å². The molecule has 0 aliphatic rings. The first-order valence-electron chi connectivity index (χ1n) is 4.62. The van der Waals surface area contributed by atoms with Gasteiger partial charge in [-0.3, -0.25) is 4.98 Å². The van der Waals surface area contributed by atoms with Crippen molar-refractivity contribution in [3.05, 3.63) is 54.1 Å². The van der Waals surface area contributed by atoms with Gasteiger partial charge < -0.3 is 5.11 Å². The number of rotatable bonds is 2. The second-order valence-electron chi connectivity index (χ2n) is 3.23. The molecule has 80 valence electrons. The molecule has 4 heteroatoms. The number of carboxylic acid groups (broad SMARTS) is 1. The SMILES string of the molecule is O=C(O)c1cc(F)ccc1-c1ccncc1. The smallest absolute Gasteiger partial charge is 0.336 e. The highest BCUT2D eigenvalue weighted by Crippen LogP contribution is 2.23. The zero-order chi connectivity index (χ0) is 11.5. The summed E-state index contributed by atoms with van der Waals surface area (Å²) in [6, 6.07) is 7.06. The van der Waals surface area contributed by atoms with Crippen LogP contribution in [0.5, 0.6) is 0 Å². The molecule has 1 aromatic carbocycles. The second kappa shape index (κ2) is 4.10. The molecular weight excluding hydrogens is 209 g/mol. The van der Waals surface area contributed by atoms with Crippen molar-refractivity contribution in [2.24, 2.45) is 0 Å². The number of pyridine rings is 1. The minimum Gasteiger partial charge on any atom is -0.478 e. The van der Waals surface area contributed by atoms with Crippen LogP contribution in [0.3, 0.4) is 0 Å². The summed E-state index contributed by atoms with van der Waals surface area (Å²) in [4.78, 5) is 14.8. The Morgan fingerprint density at radius 3 is 2.50 bits per heavy atom. The lowest BCUT2D eigenvalue weighted by atomic mass is 10.0. The van der Waals surface area contributed by atoms with Crippen LogP contribution in [0.15, 0.2) is 42.7 Å². The molecule has 16 heavy (non-hydrogen) atoms. The number of carboxylic acids is 1. The molecule has 0 bridgehead atoms. The average molecular weight is 217 g/mol. The number of aromatic nitrogens is 1. The average Bonchev–Trinajstić information content (AvgIpc) is 2.30. The molecular formula is C12H8FNO2. The fraction of sp³-hybridized carbons (Fsp3) is 0. The summed E-state index contributed by atoms with van der Waals surface area (Å²) < 4.78 is 12.9. The Hall–Kier alpha value is -2.23. The first-order chi connectivity index (χ1) is 7.68. The molecule has 0 radical (unpaired) electrons. The van der Waals surface area contributed by atoms with Crippen LogP contribution in [0.25, 0.3) is 11.1 Å². The molecule has 0 saturated heterocycles. The van der Waals surface area contributed by atoms with E-state index >= 15 is 0 Å². The van der Waals surface area contributed by atoms with Gasteiger partial charge in [-0.25, -0.2) is 9.18 Å². The predicted octanol–water partition coefficient (Wildman–Crippen LogP) is 2.59. The maximum atomic E-state index is 12.9. The van der Waals surface area contributed by atoms with Crippen LogP contribution in [0.2, 0.25) is 0 Å². The molecule has 0 unspecified atom stereocenters. The monoisotopic (exact) mass is 217 g/mol. The number of benzene rings is 1. The molecule has 3 nitrogen and oxygen atoms in total. The van der Waals surface area contributed by atoms with Crippen molar-refractivity contribution in [1.29, 1.82) is 0 Å². The molecule has 0 aliphatic carbocycles. The van der Waals surface area contributed by atoms with Gasteiger partial charge in [0.15, 0.2) is 0 Å². The number of carbonyl (C=O) groups is 1. The van der Waals surface area contributed by atoms with Gasteiger partial charge in [-0.05, 0) is 35.4 Å². The Morgan fingerprint density at radius 1 is 1.19 bits per heavy atom. The summed E-state index contributed by atoms with van der Waals surface area (Å²) in [5, 5.41) is 8.97. The van der Waals surface area contributed by atoms with E-state index in [9.17, 15) is 9.18 Å². The molecule has 0 atom stereocenters. The lowest BCUT2D eigenvalue weighted by Gasteiger charge is -2.05. The fourth-order valence-corrected chi connectivity index (χ4v) is 1.48. The van der Waals surface area contributed by atoms with Gasteiger partial charge >= 0.3 is 5.97 Å². The summed E-state index contributed by atoms with van der Waals surface area (Å²) in [7, 11) is 0. The van der Waals surface area contributed by atoms with E-state index in [1.165, 1.54) is 12.1 Å². The Morgan fingerprint density at radius 2 is 1.88 bits per heavy atom. The minimum atomic E-state index is -1.15. The van der Waals surface area contributed by atoms with Crippen LogP contribution in [0.4, 0.5) is 4.39 Å². The predicted molar refractivity (Wildman–Crippen MR) is 56.6 cm³/mol.